The van der Waals surface area contributed by atoms with Crippen LogP contribution < -0.4 is 10.9 Å². The maximum absolute atomic E-state index is 14.7. The Morgan fingerprint density at radius 3 is 2.71 bits per heavy atom. The molecule has 7 nitrogen and oxygen atoms in total. The lowest BCUT2D eigenvalue weighted by Gasteiger charge is -2.07. The minimum absolute atomic E-state index is 0.227. The first-order chi connectivity index (χ1) is 15.1. The van der Waals surface area contributed by atoms with Gasteiger partial charge in [0.25, 0.3) is 5.56 Å². The van der Waals surface area contributed by atoms with Gasteiger partial charge in [-0.15, -0.1) is 16.9 Å². The van der Waals surface area contributed by atoms with E-state index in [4.69, 9.17) is 0 Å². The molecule has 5 aromatic rings. The van der Waals surface area contributed by atoms with Crippen molar-refractivity contribution in [2.75, 3.05) is 11.6 Å². The molecule has 0 unspecified atom stereocenters. The number of nitrogens with zero attached hydrogens (tertiary/aromatic N) is 5. The van der Waals surface area contributed by atoms with E-state index in [-0.39, 0.29) is 23.0 Å². The Kier molecular flexibility index (Phi) is 4.79. The van der Waals surface area contributed by atoms with Crippen molar-refractivity contribution in [3.8, 4) is 11.4 Å². The largest absolute Gasteiger partial charge is 0.319 e. The molecule has 3 heterocycles. The van der Waals surface area contributed by atoms with E-state index < -0.39 is 11.4 Å². The fraction of sp³-hybridized carbons (Fsp3) is 0.0455. The van der Waals surface area contributed by atoms with Crippen molar-refractivity contribution in [2.45, 2.75) is 4.90 Å². The number of aromatic nitrogens is 5. The topological polar surface area (TPSA) is 85.1 Å². The van der Waals surface area contributed by atoms with Gasteiger partial charge in [-0.05, 0) is 48.7 Å². The molecule has 1 N–H and O–H groups in total. The maximum Gasteiger partial charge on any atom is 0.293 e. The van der Waals surface area contributed by atoms with Crippen LogP contribution in [0.2, 0.25) is 0 Å². The van der Waals surface area contributed by atoms with Gasteiger partial charge in [0.1, 0.15) is 11.5 Å². The standard InChI is InChI=1S/C22H15FN6OS/c1-31-13-9-10-14(16(23)12-13)19-27-20-15-6-2-3-7-17(15)25-22(29(20)28-19)26-18-8-4-5-11-24-21(18)30/h2-12H,1H3,(H,24,25,26,30). The van der Waals surface area contributed by atoms with Crippen LogP contribution >= 0.6 is 11.8 Å². The highest BCUT2D eigenvalue weighted by Crippen LogP contribution is 2.28. The highest BCUT2D eigenvalue weighted by atomic mass is 32.2. The Hall–Kier alpha value is -3.85. The number of fused-ring (bicyclic) bond motifs is 3. The van der Waals surface area contributed by atoms with Gasteiger partial charge in [0.2, 0.25) is 5.95 Å². The molecule has 0 aliphatic heterocycles. The van der Waals surface area contributed by atoms with Crippen LogP contribution in [0.4, 0.5) is 16.0 Å². The van der Waals surface area contributed by atoms with Crippen LogP contribution in [0.15, 0.2) is 76.6 Å². The van der Waals surface area contributed by atoms with Crippen LogP contribution in [0, 0.1) is 5.82 Å². The number of benzene rings is 2. The van der Waals surface area contributed by atoms with Gasteiger partial charge in [0.05, 0.1) is 11.1 Å². The summed E-state index contributed by atoms with van der Waals surface area (Å²) in [5.41, 5.74) is 1.25. The van der Waals surface area contributed by atoms with Crippen LogP contribution in [0.25, 0.3) is 27.9 Å². The molecule has 0 saturated carbocycles. The van der Waals surface area contributed by atoms with Gasteiger partial charge in [0, 0.05) is 16.5 Å². The summed E-state index contributed by atoms with van der Waals surface area (Å²) in [6.07, 6.45) is 3.31. The molecule has 0 fully saturated rings. The molecule has 31 heavy (non-hydrogen) atoms. The average molecular weight is 430 g/mol. The van der Waals surface area contributed by atoms with Gasteiger partial charge < -0.3 is 5.32 Å². The summed E-state index contributed by atoms with van der Waals surface area (Å²) >= 11 is 1.46. The Morgan fingerprint density at radius 1 is 1.03 bits per heavy atom. The summed E-state index contributed by atoms with van der Waals surface area (Å²) in [5.74, 6) is 0.0970. The fourth-order valence-corrected chi connectivity index (χ4v) is 3.65. The summed E-state index contributed by atoms with van der Waals surface area (Å²) in [7, 11) is 0. The van der Waals surface area contributed by atoms with Crippen molar-refractivity contribution in [1.82, 2.24) is 24.6 Å². The second-order valence-electron chi connectivity index (χ2n) is 6.64. The predicted molar refractivity (Wildman–Crippen MR) is 119 cm³/mol. The van der Waals surface area contributed by atoms with Gasteiger partial charge >= 0.3 is 0 Å². The molecular weight excluding hydrogens is 415 g/mol. The zero-order valence-electron chi connectivity index (χ0n) is 16.3. The number of rotatable bonds is 4. The van der Waals surface area contributed by atoms with Gasteiger partial charge in [-0.3, -0.25) is 4.79 Å². The number of thioether (sulfide) groups is 1. The van der Waals surface area contributed by atoms with E-state index in [0.717, 1.165) is 10.3 Å². The van der Waals surface area contributed by atoms with Crippen molar-refractivity contribution in [1.29, 1.82) is 0 Å². The molecule has 3 aromatic heterocycles. The van der Waals surface area contributed by atoms with Crippen molar-refractivity contribution in [3.63, 3.8) is 0 Å². The molecular formula is C22H15FN6OS. The quantitative estimate of drug-likeness (QED) is 0.426. The molecule has 5 rings (SSSR count). The number of para-hydroxylation sites is 1. The Balaban J connectivity index is 1.74. The number of hydrogen-bond donors (Lipinski definition) is 1. The predicted octanol–water partition coefficient (Wildman–Crippen LogP) is 4.30. The van der Waals surface area contributed by atoms with Gasteiger partial charge in [-0.1, -0.05) is 18.2 Å². The third kappa shape index (κ3) is 3.49. The highest BCUT2D eigenvalue weighted by Gasteiger charge is 2.17. The third-order valence-electron chi connectivity index (χ3n) is 4.72. The molecule has 152 valence electrons. The summed E-state index contributed by atoms with van der Waals surface area (Å²) in [5, 5.41) is 8.26. The first kappa shape index (κ1) is 19.1. The first-order valence-corrected chi connectivity index (χ1v) is 10.6. The molecule has 0 bridgehead atoms. The smallest absolute Gasteiger partial charge is 0.293 e. The lowest BCUT2D eigenvalue weighted by Crippen LogP contribution is -2.11. The van der Waals surface area contributed by atoms with Crippen LogP contribution in [0.3, 0.4) is 0 Å². The lowest BCUT2D eigenvalue weighted by atomic mass is 10.2. The third-order valence-corrected chi connectivity index (χ3v) is 5.45. The molecule has 9 heteroatoms. The second kappa shape index (κ2) is 7.77. The number of halogens is 1. The van der Waals surface area contributed by atoms with Crippen LogP contribution in [-0.4, -0.2) is 30.8 Å². The van der Waals surface area contributed by atoms with Crippen LogP contribution in [-0.2, 0) is 0 Å². The maximum atomic E-state index is 14.7. The van der Waals surface area contributed by atoms with Crippen molar-refractivity contribution >= 4 is 39.9 Å². The molecule has 0 spiro atoms. The minimum atomic E-state index is -0.438. The van der Waals surface area contributed by atoms with E-state index in [2.05, 4.69) is 25.4 Å². The van der Waals surface area contributed by atoms with Gasteiger partial charge in [0.15, 0.2) is 11.5 Å². The molecule has 2 aromatic carbocycles. The summed E-state index contributed by atoms with van der Waals surface area (Å²) in [6, 6.07) is 17.3. The van der Waals surface area contributed by atoms with E-state index in [1.165, 1.54) is 28.5 Å². The van der Waals surface area contributed by atoms with E-state index in [0.29, 0.717) is 11.2 Å². The van der Waals surface area contributed by atoms with Crippen molar-refractivity contribution < 1.29 is 4.39 Å². The summed E-state index contributed by atoms with van der Waals surface area (Å²) < 4.78 is 16.2. The zero-order chi connectivity index (χ0) is 21.4. The Labute approximate surface area is 180 Å². The molecule has 0 saturated heterocycles. The second-order valence-corrected chi connectivity index (χ2v) is 7.52. The van der Waals surface area contributed by atoms with E-state index in [1.807, 2.05) is 36.6 Å². The summed E-state index contributed by atoms with van der Waals surface area (Å²) in [6.45, 7) is 0. The first-order valence-electron chi connectivity index (χ1n) is 9.36. The molecule has 0 amide bonds. The van der Waals surface area contributed by atoms with E-state index >= 15 is 0 Å². The van der Waals surface area contributed by atoms with Crippen molar-refractivity contribution in [2.24, 2.45) is 0 Å². The normalized spacial score (nSPS) is 11.2. The number of hydrogen-bond acceptors (Lipinski definition) is 7. The summed E-state index contributed by atoms with van der Waals surface area (Å²) in [4.78, 5) is 26.1. The number of anilines is 2. The van der Waals surface area contributed by atoms with Gasteiger partial charge in [-0.2, -0.15) is 4.52 Å². The Morgan fingerprint density at radius 2 is 1.87 bits per heavy atom. The molecule has 0 radical (unpaired) electrons. The van der Waals surface area contributed by atoms with E-state index in [1.54, 1.807) is 24.3 Å². The lowest BCUT2D eigenvalue weighted by molar-refractivity contribution is 0.626. The average Bonchev–Trinajstić information content (AvgIpc) is 3.13. The monoisotopic (exact) mass is 430 g/mol. The molecule has 0 atom stereocenters. The SMILES string of the molecule is CSc1ccc(-c2nc3c4ccccc4nc(Nc4ccccnc4=O)n3n2)c(F)c1. The van der Waals surface area contributed by atoms with Crippen LogP contribution in [0.5, 0.6) is 0 Å². The fourth-order valence-electron chi connectivity index (χ4n) is 3.22. The number of nitrogens with one attached hydrogen (secondary N) is 1. The van der Waals surface area contributed by atoms with Crippen LogP contribution in [0.1, 0.15) is 0 Å². The molecule has 0 aliphatic rings. The highest BCUT2D eigenvalue weighted by molar-refractivity contribution is 7.98. The van der Waals surface area contributed by atoms with E-state index in [9.17, 15) is 9.18 Å². The zero-order valence-corrected chi connectivity index (χ0v) is 17.1. The molecule has 0 aliphatic carbocycles. The Bertz CT molecular complexity index is 1500. The van der Waals surface area contributed by atoms with Gasteiger partial charge in [-0.25, -0.2) is 19.3 Å². The van der Waals surface area contributed by atoms with Crippen molar-refractivity contribution in [3.05, 3.63) is 83.0 Å². The minimum Gasteiger partial charge on any atom is -0.319 e.